The summed E-state index contributed by atoms with van der Waals surface area (Å²) >= 11 is 0. The van der Waals surface area contributed by atoms with Gasteiger partial charge in [-0.2, -0.15) is 0 Å². The smallest absolute Gasteiger partial charge is 0.0386 e. The molecule has 0 aromatic carbocycles. The van der Waals surface area contributed by atoms with Crippen molar-refractivity contribution in [2.45, 2.75) is 32.1 Å². The molecule has 0 unspecified atom stereocenters. The Labute approximate surface area is 53.3 Å². The van der Waals surface area contributed by atoms with Gasteiger partial charge < -0.3 is 0 Å². The maximum Gasteiger partial charge on any atom is -0.0386 e. The Hall–Kier alpha value is 0. The van der Waals surface area contributed by atoms with Crippen LogP contribution in [0.1, 0.15) is 32.1 Å². The van der Waals surface area contributed by atoms with Crippen LogP contribution >= 0.6 is 0 Å². The molecule has 0 N–H and O–H groups in total. The summed E-state index contributed by atoms with van der Waals surface area (Å²) in [4.78, 5) is 0. The lowest BCUT2D eigenvalue weighted by Gasteiger charge is -1.93. The summed E-state index contributed by atoms with van der Waals surface area (Å²) in [6.07, 6.45) is 8.02. The van der Waals surface area contributed by atoms with E-state index in [1.165, 1.54) is 19.3 Å². The maximum absolute atomic E-state index is 3.75. The molecule has 0 heterocycles. The molecule has 0 fully saturated rings. The number of hydrogen-bond acceptors (Lipinski definition) is 0. The molecule has 0 rings (SSSR count). The van der Waals surface area contributed by atoms with E-state index in [9.17, 15) is 0 Å². The molecule has 0 aliphatic heterocycles. The summed E-state index contributed by atoms with van der Waals surface area (Å²) in [6.45, 7) is 7.48. The van der Waals surface area contributed by atoms with E-state index in [-0.39, 0.29) is 0 Å². The highest BCUT2D eigenvalue weighted by molar-refractivity contribution is 4.64. The standard InChI is InChI=1S/C8H15/c1-3-5-7-8-6-4-2/h7H,1-6,8H2. The summed E-state index contributed by atoms with van der Waals surface area (Å²) in [5.41, 5.74) is 0. The summed E-state index contributed by atoms with van der Waals surface area (Å²) in [7, 11) is 0. The molecule has 0 aromatic heterocycles. The van der Waals surface area contributed by atoms with Crippen molar-refractivity contribution in [1.29, 1.82) is 0 Å². The van der Waals surface area contributed by atoms with Gasteiger partial charge in [-0.25, -0.2) is 0 Å². The number of unbranched alkanes of at least 4 members (excludes halogenated alkanes) is 5. The number of rotatable bonds is 5. The lowest BCUT2D eigenvalue weighted by atomic mass is 10.1. The molecule has 0 aliphatic rings. The fourth-order valence-corrected chi connectivity index (χ4v) is 0.577. The normalized spacial score (nSPS) is 9.75. The molecule has 0 bridgehead atoms. The van der Waals surface area contributed by atoms with Gasteiger partial charge in [0.15, 0.2) is 0 Å². The Morgan fingerprint density at radius 1 is 1.00 bits per heavy atom. The van der Waals surface area contributed by atoms with Crippen molar-refractivity contribution in [3.63, 3.8) is 0 Å². The van der Waals surface area contributed by atoms with Gasteiger partial charge in [0.25, 0.3) is 0 Å². The molecule has 0 aliphatic carbocycles. The fourth-order valence-electron chi connectivity index (χ4n) is 0.577. The van der Waals surface area contributed by atoms with Crippen molar-refractivity contribution in [3.05, 3.63) is 20.3 Å². The predicted octanol–water partition coefficient (Wildman–Crippen LogP) is 2.81. The van der Waals surface area contributed by atoms with E-state index in [1.54, 1.807) is 0 Å². The van der Waals surface area contributed by atoms with Crippen LogP contribution in [0.15, 0.2) is 0 Å². The Morgan fingerprint density at radius 3 is 2.25 bits per heavy atom. The SMILES string of the molecule is [CH2]CC[CH]CCC[CH2]. The van der Waals surface area contributed by atoms with Crippen molar-refractivity contribution in [1.82, 2.24) is 0 Å². The Kier molecular flexibility index (Phi) is 7.00. The number of hydrogen-bond donors (Lipinski definition) is 0. The van der Waals surface area contributed by atoms with Crippen LogP contribution in [0.3, 0.4) is 0 Å². The summed E-state index contributed by atoms with van der Waals surface area (Å²) in [5, 5.41) is 0. The molecule has 8 heavy (non-hydrogen) atoms. The summed E-state index contributed by atoms with van der Waals surface area (Å²) in [5.74, 6) is 0. The first kappa shape index (κ1) is 8.00. The molecule has 0 spiro atoms. The molecule has 0 aromatic rings. The van der Waals surface area contributed by atoms with Gasteiger partial charge in [-0.3, -0.25) is 0 Å². The third-order valence-electron chi connectivity index (χ3n) is 1.07. The zero-order valence-corrected chi connectivity index (χ0v) is 5.53. The third kappa shape index (κ3) is 6.00. The lowest BCUT2D eigenvalue weighted by molar-refractivity contribution is 0.777. The molecule has 0 atom stereocenters. The third-order valence-corrected chi connectivity index (χ3v) is 1.07. The largest absolute Gasteiger partial charge is 0.0533 e. The van der Waals surface area contributed by atoms with Crippen LogP contribution in [-0.2, 0) is 0 Å². The minimum Gasteiger partial charge on any atom is -0.0533 e. The topological polar surface area (TPSA) is 0 Å². The van der Waals surface area contributed by atoms with Gasteiger partial charge in [0.05, 0.1) is 0 Å². The van der Waals surface area contributed by atoms with Crippen LogP contribution in [0.4, 0.5) is 0 Å². The molecule has 0 amide bonds. The van der Waals surface area contributed by atoms with Gasteiger partial charge in [0.2, 0.25) is 0 Å². The zero-order chi connectivity index (χ0) is 6.24. The van der Waals surface area contributed by atoms with Gasteiger partial charge in [0, 0.05) is 0 Å². The molecule has 3 radical (unpaired) electrons. The first-order valence-corrected chi connectivity index (χ1v) is 3.32. The molecule has 0 saturated carbocycles. The summed E-state index contributed by atoms with van der Waals surface area (Å²) < 4.78 is 0. The second-order valence-electron chi connectivity index (χ2n) is 1.93. The van der Waals surface area contributed by atoms with Gasteiger partial charge >= 0.3 is 0 Å². The van der Waals surface area contributed by atoms with Gasteiger partial charge in [0.1, 0.15) is 0 Å². The van der Waals surface area contributed by atoms with Gasteiger partial charge in [-0.05, 0) is 6.42 Å². The molecule has 0 nitrogen and oxygen atoms in total. The molecular formula is C8H15. The van der Waals surface area contributed by atoms with E-state index in [0.29, 0.717) is 0 Å². The highest BCUT2D eigenvalue weighted by Crippen LogP contribution is 2.01. The van der Waals surface area contributed by atoms with E-state index in [4.69, 9.17) is 0 Å². The van der Waals surface area contributed by atoms with Crippen LogP contribution in [0.25, 0.3) is 0 Å². The first-order valence-electron chi connectivity index (χ1n) is 3.32. The Morgan fingerprint density at radius 2 is 1.75 bits per heavy atom. The van der Waals surface area contributed by atoms with E-state index < -0.39 is 0 Å². The van der Waals surface area contributed by atoms with Gasteiger partial charge in [-0.15, -0.1) is 0 Å². The molecular weight excluding hydrogens is 96.1 g/mol. The second-order valence-corrected chi connectivity index (χ2v) is 1.93. The molecule has 47 valence electrons. The first-order chi connectivity index (χ1) is 3.91. The zero-order valence-electron chi connectivity index (χ0n) is 5.53. The monoisotopic (exact) mass is 111 g/mol. The van der Waals surface area contributed by atoms with Crippen LogP contribution in [0.5, 0.6) is 0 Å². The lowest BCUT2D eigenvalue weighted by Crippen LogP contribution is -1.75. The maximum atomic E-state index is 3.75. The molecule has 0 saturated heterocycles. The van der Waals surface area contributed by atoms with Crippen molar-refractivity contribution in [2.75, 3.05) is 0 Å². The van der Waals surface area contributed by atoms with Crippen molar-refractivity contribution in [3.8, 4) is 0 Å². The second kappa shape index (κ2) is 7.00. The van der Waals surface area contributed by atoms with Crippen molar-refractivity contribution in [2.24, 2.45) is 0 Å². The average Bonchev–Trinajstić information content (AvgIpc) is 1.81. The van der Waals surface area contributed by atoms with E-state index in [0.717, 1.165) is 12.8 Å². The van der Waals surface area contributed by atoms with Gasteiger partial charge in [-0.1, -0.05) is 46.0 Å². The van der Waals surface area contributed by atoms with E-state index in [2.05, 4.69) is 20.3 Å². The highest BCUT2D eigenvalue weighted by Gasteiger charge is 1.83. The average molecular weight is 111 g/mol. The van der Waals surface area contributed by atoms with Crippen LogP contribution in [-0.4, -0.2) is 0 Å². The predicted molar refractivity (Wildman–Crippen MR) is 38.1 cm³/mol. The van der Waals surface area contributed by atoms with Crippen LogP contribution in [0, 0.1) is 20.3 Å². The quantitative estimate of drug-likeness (QED) is 0.478. The Bertz CT molecular complexity index is 25.0. The van der Waals surface area contributed by atoms with Crippen molar-refractivity contribution >= 4 is 0 Å². The summed E-state index contributed by atoms with van der Waals surface area (Å²) in [6, 6.07) is 0. The minimum atomic E-state index is 1.04. The minimum absolute atomic E-state index is 1.04. The Balaban J connectivity index is 2.53. The van der Waals surface area contributed by atoms with Crippen LogP contribution in [0.2, 0.25) is 0 Å². The molecule has 0 heteroatoms. The van der Waals surface area contributed by atoms with E-state index >= 15 is 0 Å². The van der Waals surface area contributed by atoms with E-state index in [1.807, 2.05) is 0 Å². The fraction of sp³-hybridized carbons (Fsp3) is 0.625. The van der Waals surface area contributed by atoms with Crippen molar-refractivity contribution < 1.29 is 0 Å². The van der Waals surface area contributed by atoms with Crippen LogP contribution < -0.4 is 0 Å². The highest BCUT2D eigenvalue weighted by atomic mass is 13.9.